The van der Waals surface area contributed by atoms with Crippen LogP contribution in [0.25, 0.3) is 34.4 Å². The second-order valence-electron chi connectivity index (χ2n) is 14.5. The van der Waals surface area contributed by atoms with Crippen molar-refractivity contribution in [3.63, 3.8) is 0 Å². The van der Waals surface area contributed by atoms with Crippen molar-refractivity contribution in [1.82, 2.24) is 0 Å². The first-order valence-electron chi connectivity index (χ1n) is 19.7. The Balaban J connectivity index is 0.00000486. The van der Waals surface area contributed by atoms with E-state index in [1.54, 1.807) is 22.3 Å². The van der Waals surface area contributed by atoms with Crippen LogP contribution >= 0.6 is 0 Å². The van der Waals surface area contributed by atoms with Crippen molar-refractivity contribution in [1.29, 1.82) is 0 Å². The van der Waals surface area contributed by atoms with Gasteiger partial charge in [0.25, 0.3) is 0 Å². The molecule has 2 radical (unpaired) electrons. The Bertz CT molecular complexity index is 1600. The molecule has 0 heterocycles. The Morgan fingerprint density at radius 1 is 0.480 bits per heavy atom. The molecule has 6 rings (SSSR count). The van der Waals surface area contributed by atoms with E-state index >= 15 is 0 Å². The van der Waals surface area contributed by atoms with Crippen molar-refractivity contribution < 1.29 is 26.2 Å². The first-order valence-corrected chi connectivity index (χ1v) is 21.1. The van der Waals surface area contributed by atoms with Gasteiger partial charge >= 0.3 is 0 Å². The Kier molecular flexibility index (Phi) is 15.0. The maximum atomic E-state index is 2.61. The van der Waals surface area contributed by atoms with Crippen LogP contribution in [0.15, 0.2) is 96.1 Å². The minimum Gasteiger partial charge on any atom is -0.0654 e. The summed E-state index contributed by atoms with van der Waals surface area (Å²) in [5, 5.41) is 0. The Morgan fingerprint density at radius 3 is 1.28 bits per heavy atom. The summed E-state index contributed by atoms with van der Waals surface area (Å²) in [5.41, 5.74) is 17.9. The minimum atomic E-state index is 0. The second kappa shape index (κ2) is 19.3. The third kappa shape index (κ3) is 9.08. The number of allylic oxidation sites excluding steroid dienone is 2. The van der Waals surface area contributed by atoms with Crippen molar-refractivity contribution in [2.24, 2.45) is 0 Å². The molecule has 50 heavy (non-hydrogen) atoms. The average Bonchev–Trinajstić information content (AvgIpc) is 3.69. The minimum absolute atomic E-state index is 0. The Labute approximate surface area is 326 Å². The summed E-state index contributed by atoms with van der Waals surface area (Å²) in [6.07, 6.45) is 20.5. The van der Waals surface area contributed by atoms with Gasteiger partial charge in [-0.2, -0.15) is 0 Å². The third-order valence-electron chi connectivity index (χ3n) is 11.3. The third-order valence-corrected chi connectivity index (χ3v) is 12.7. The number of hydrogen-bond acceptors (Lipinski definition) is 0. The summed E-state index contributed by atoms with van der Waals surface area (Å²) < 4.78 is 0. The number of unbranched alkanes of at least 4 members (excludes halogenated alkanes) is 6. The van der Waals surface area contributed by atoms with Crippen LogP contribution in [0.1, 0.15) is 137 Å². The van der Waals surface area contributed by atoms with E-state index in [4.69, 9.17) is 0 Å². The Morgan fingerprint density at radius 2 is 0.900 bits per heavy atom. The Hall–Kier alpha value is -2.54. The molecule has 0 saturated carbocycles. The van der Waals surface area contributed by atoms with Gasteiger partial charge in [-0.15, -0.1) is 0 Å². The van der Waals surface area contributed by atoms with Crippen LogP contribution < -0.4 is 0 Å². The van der Waals surface area contributed by atoms with E-state index in [9.17, 15) is 0 Å². The SMILES string of the molecule is CCCCCCC1=Cc2c(-c3ccc(CC)cc3)cccc2C1C[Si]CC1C(CCCCCC)=Cc2c(-c3ccc(CC)cc3)cccc21.[Zr]. The molecule has 2 aliphatic rings. The molecule has 0 bridgehead atoms. The molecule has 2 aliphatic carbocycles. The van der Waals surface area contributed by atoms with Crippen molar-refractivity contribution in [3.05, 3.63) is 129 Å². The van der Waals surface area contributed by atoms with Crippen molar-refractivity contribution in [3.8, 4) is 22.3 Å². The molecule has 0 spiro atoms. The molecule has 0 aromatic heterocycles. The number of fused-ring (bicyclic) bond motifs is 2. The summed E-state index contributed by atoms with van der Waals surface area (Å²) in [5.74, 6) is 1.12. The fourth-order valence-corrected chi connectivity index (χ4v) is 9.98. The van der Waals surface area contributed by atoms with Crippen molar-refractivity contribution >= 4 is 21.7 Å². The molecule has 4 aromatic rings. The fourth-order valence-electron chi connectivity index (χ4n) is 8.27. The van der Waals surface area contributed by atoms with E-state index in [1.165, 1.54) is 121 Å². The van der Waals surface area contributed by atoms with Gasteiger partial charge in [-0.25, -0.2) is 0 Å². The van der Waals surface area contributed by atoms with Gasteiger partial charge in [-0.1, -0.05) is 187 Å². The van der Waals surface area contributed by atoms with Crippen LogP contribution in [0.4, 0.5) is 0 Å². The first kappa shape index (κ1) is 38.7. The van der Waals surface area contributed by atoms with E-state index in [0.717, 1.165) is 22.4 Å². The molecule has 0 fully saturated rings. The molecule has 0 amide bonds. The predicted molar refractivity (Wildman–Crippen MR) is 217 cm³/mol. The molecular formula is C48H58SiZr. The summed E-state index contributed by atoms with van der Waals surface area (Å²) in [6.45, 7) is 9.13. The van der Waals surface area contributed by atoms with Crippen LogP contribution in [0.2, 0.25) is 12.1 Å². The van der Waals surface area contributed by atoms with Gasteiger partial charge in [0.05, 0.1) is 0 Å². The van der Waals surface area contributed by atoms with E-state index < -0.39 is 0 Å². The van der Waals surface area contributed by atoms with Crippen LogP contribution in [0.5, 0.6) is 0 Å². The largest absolute Gasteiger partial charge is 0.0654 e. The fraction of sp³-hybridized carbons (Fsp3) is 0.417. The van der Waals surface area contributed by atoms with E-state index in [1.807, 2.05) is 0 Å². The van der Waals surface area contributed by atoms with E-state index in [2.05, 4.69) is 125 Å². The first-order chi connectivity index (χ1) is 24.1. The van der Waals surface area contributed by atoms with E-state index in [-0.39, 0.29) is 26.2 Å². The zero-order valence-corrected chi connectivity index (χ0v) is 34.7. The molecule has 2 unspecified atom stereocenters. The molecular weight excluding hydrogens is 696 g/mol. The maximum Gasteiger partial charge on any atom is 0.0397 e. The number of rotatable bonds is 18. The predicted octanol–water partition coefficient (Wildman–Crippen LogP) is 14.3. The standard InChI is InChI=1S/C48H58Si.Zr/c1-5-9-11-13-17-39-31-45-41(37-27-23-35(7-3)24-28-37)19-15-21-43(45)47(39)33-49-34-48-40(18-14-12-10-6-2)32-46-42(20-16-22-44(46)48)38-29-25-36(8-4)26-30-38;/h15-16,19-32,47-48H,5-14,17-18,33-34H2,1-4H3;. The summed E-state index contributed by atoms with van der Waals surface area (Å²) in [6, 6.07) is 35.4. The van der Waals surface area contributed by atoms with Crippen LogP contribution in [-0.4, -0.2) is 9.52 Å². The van der Waals surface area contributed by atoms with Crippen LogP contribution in [-0.2, 0) is 39.0 Å². The molecule has 0 N–H and O–H groups in total. The topological polar surface area (TPSA) is 0 Å². The molecule has 2 atom stereocenters. The molecule has 4 aromatic carbocycles. The molecule has 2 heteroatoms. The second-order valence-corrected chi connectivity index (χ2v) is 15.9. The van der Waals surface area contributed by atoms with Gasteiger partial charge in [0, 0.05) is 47.6 Å². The summed E-state index contributed by atoms with van der Waals surface area (Å²) in [7, 11) is 0.948. The van der Waals surface area contributed by atoms with Crippen LogP contribution in [0, 0.1) is 0 Å². The van der Waals surface area contributed by atoms with Gasteiger partial charge in [-0.3, -0.25) is 0 Å². The zero-order chi connectivity index (χ0) is 34.0. The zero-order valence-electron chi connectivity index (χ0n) is 31.3. The van der Waals surface area contributed by atoms with Gasteiger partial charge in [0.15, 0.2) is 0 Å². The monoisotopic (exact) mass is 752 g/mol. The summed E-state index contributed by atoms with van der Waals surface area (Å²) in [4.78, 5) is 0. The van der Waals surface area contributed by atoms with Crippen molar-refractivity contribution in [2.75, 3.05) is 0 Å². The normalized spacial score (nSPS) is 16.1. The molecule has 0 saturated heterocycles. The quantitative estimate of drug-likeness (QED) is 0.0701. The van der Waals surface area contributed by atoms with Gasteiger partial charge in [0.1, 0.15) is 0 Å². The maximum absolute atomic E-state index is 2.61. The van der Waals surface area contributed by atoms with E-state index in [0.29, 0.717) is 11.8 Å². The summed E-state index contributed by atoms with van der Waals surface area (Å²) >= 11 is 0. The smallest absolute Gasteiger partial charge is 0.0397 e. The number of hydrogen-bond donors (Lipinski definition) is 0. The van der Waals surface area contributed by atoms with Crippen LogP contribution in [0.3, 0.4) is 0 Å². The van der Waals surface area contributed by atoms with Crippen molar-refractivity contribution in [2.45, 2.75) is 129 Å². The average molecular weight is 754 g/mol. The number of aryl methyl sites for hydroxylation is 2. The van der Waals surface area contributed by atoms with Gasteiger partial charge < -0.3 is 0 Å². The van der Waals surface area contributed by atoms with Gasteiger partial charge in [-0.05, 0) is 94.2 Å². The molecule has 258 valence electrons. The van der Waals surface area contributed by atoms with Gasteiger partial charge in [0.2, 0.25) is 0 Å². The number of benzene rings is 4. The molecule has 0 nitrogen and oxygen atoms in total. The molecule has 0 aliphatic heterocycles.